The third kappa shape index (κ3) is 2.98. The Morgan fingerprint density at radius 2 is 2.00 bits per heavy atom. The van der Waals surface area contributed by atoms with Crippen molar-refractivity contribution in [3.63, 3.8) is 0 Å². The number of nitrogens with zero attached hydrogens (tertiary/aromatic N) is 1. The van der Waals surface area contributed by atoms with Crippen LogP contribution in [0.25, 0.3) is 0 Å². The molecule has 0 radical (unpaired) electrons. The minimum absolute atomic E-state index is 0.262. The first-order chi connectivity index (χ1) is 8.31. The van der Waals surface area contributed by atoms with Gasteiger partial charge >= 0.3 is 0 Å². The molecule has 0 aliphatic rings. The van der Waals surface area contributed by atoms with Gasteiger partial charge in [-0.1, -0.05) is 48.9 Å². The minimum Gasteiger partial charge on any atom is -0.376 e. The SMILES string of the molecule is CCC(Nc1cnccc1Cl)c1ccccc1. The van der Waals surface area contributed by atoms with E-state index in [1.807, 2.05) is 18.2 Å². The van der Waals surface area contributed by atoms with Crippen LogP contribution in [0.1, 0.15) is 24.9 Å². The summed E-state index contributed by atoms with van der Waals surface area (Å²) in [6, 6.07) is 12.4. The van der Waals surface area contributed by atoms with Gasteiger partial charge in [0.1, 0.15) is 0 Å². The Hall–Kier alpha value is -1.54. The summed E-state index contributed by atoms with van der Waals surface area (Å²) in [6.45, 7) is 2.15. The van der Waals surface area contributed by atoms with Crippen molar-refractivity contribution in [2.75, 3.05) is 5.32 Å². The van der Waals surface area contributed by atoms with Gasteiger partial charge in [0, 0.05) is 6.20 Å². The third-order valence-electron chi connectivity index (χ3n) is 2.71. The molecule has 0 aliphatic heterocycles. The number of hydrogen-bond acceptors (Lipinski definition) is 2. The van der Waals surface area contributed by atoms with Crippen molar-refractivity contribution in [3.8, 4) is 0 Å². The van der Waals surface area contributed by atoms with E-state index in [9.17, 15) is 0 Å². The van der Waals surface area contributed by atoms with Crippen molar-refractivity contribution in [1.29, 1.82) is 0 Å². The smallest absolute Gasteiger partial charge is 0.0720 e. The Kier molecular flexibility index (Phi) is 3.99. The van der Waals surface area contributed by atoms with Gasteiger partial charge in [-0.25, -0.2) is 0 Å². The van der Waals surface area contributed by atoms with Crippen LogP contribution in [0.5, 0.6) is 0 Å². The van der Waals surface area contributed by atoms with Crippen LogP contribution < -0.4 is 5.32 Å². The normalized spacial score (nSPS) is 12.1. The number of aromatic nitrogens is 1. The zero-order valence-electron chi connectivity index (χ0n) is 9.73. The Bertz CT molecular complexity index is 471. The highest BCUT2D eigenvalue weighted by molar-refractivity contribution is 6.33. The molecule has 1 aromatic heterocycles. The third-order valence-corrected chi connectivity index (χ3v) is 3.04. The van der Waals surface area contributed by atoms with Crippen molar-refractivity contribution in [2.24, 2.45) is 0 Å². The Labute approximate surface area is 107 Å². The molecule has 1 unspecified atom stereocenters. The van der Waals surface area contributed by atoms with E-state index in [0.29, 0.717) is 5.02 Å². The number of benzene rings is 1. The Morgan fingerprint density at radius 3 is 2.65 bits per heavy atom. The molecule has 0 saturated carbocycles. The second-order valence-electron chi connectivity index (χ2n) is 3.87. The van der Waals surface area contributed by atoms with Gasteiger partial charge in [-0.05, 0) is 18.1 Å². The van der Waals surface area contributed by atoms with Gasteiger partial charge in [0.05, 0.1) is 22.9 Å². The average molecular weight is 247 g/mol. The van der Waals surface area contributed by atoms with E-state index in [0.717, 1.165) is 12.1 Å². The van der Waals surface area contributed by atoms with Gasteiger partial charge in [-0.15, -0.1) is 0 Å². The van der Waals surface area contributed by atoms with Crippen molar-refractivity contribution < 1.29 is 0 Å². The summed E-state index contributed by atoms with van der Waals surface area (Å²) in [6.07, 6.45) is 4.44. The monoisotopic (exact) mass is 246 g/mol. The maximum absolute atomic E-state index is 6.11. The molecule has 2 aromatic rings. The summed E-state index contributed by atoms with van der Waals surface area (Å²) in [5, 5.41) is 4.12. The first kappa shape index (κ1) is 11.9. The van der Waals surface area contributed by atoms with Gasteiger partial charge in [0.25, 0.3) is 0 Å². The highest BCUT2D eigenvalue weighted by Gasteiger charge is 2.10. The fourth-order valence-corrected chi connectivity index (χ4v) is 1.94. The number of rotatable bonds is 4. The molecule has 1 heterocycles. The lowest BCUT2D eigenvalue weighted by Gasteiger charge is -2.19. The minimum atomic E-state index is 0.262. The Balaban J connectivity index is 2.19. The van der Waals surface area contributed by atoms with Crippen molar-refractivity contribution in [2.45, 2.75) is 19.4 Å². The molecular weight excluding hydrogens is 232 g/mol. The van der Waals surface area contributed by atoms with Crippen molar-refractivity contribution in [1.82, 2.24) is 4.98 Å². The number of hydrogen-bond donors (Lipinski definition) is 1. The predicted octanol–water partition coefficient (Wildman–Crippen LogP) is 4.30. The van der Waals surface area contributed by atoms with Gasteiger partial charge in [-0.3, -0.25) is 4.98 Å². The molecule has 0 bridgehead atoms. The van der Waals surface area contributed by atoms with E-state index in [-0.39, 0.29) is 6.04 Å². The van der Waals surface area contributed by atoms with E-state index in [4.69, 9.17) is 11.6 Å². The topological polar surface area (TPSA) is 24.9 Å². The summed E-state index contributed by atoms with van der Waals surface area (Å²) >= 11 is 6.11. The molecular formula is C14H15ClN2. The van der Waals surface area contributed by atoms with E-state index in [2.05, 4.69) is 29.4 Å². The standard InChI is InChI=1S/C14H15ClN2/c1-2-13(11-6-4-3-5-7-11)17-14-10-16-9-8-12(14)15/h3-10,13,17H,2H2,1H3. The van der Waals surface area contributed by atoms with Gasteiger partial charge < -0.3 is 5.32 Å². The van der Waals surface area contributed by atoms with Gasteiger partial charge in [-0.2, -0.15) is 0 Å². The molecule has 88 valence electrons. The van der Waals surface area contributed by atoms with Crippen LogP contribution in [-0.4, -0.2) is 4.98 Å². The highest BCUT2D eigenvalue weighted by atomic mass is 35.5. The molecule has 0 amide bonds. The first-order valence-electron chi connectivity index (χ1n) is 5.72. The summed E-state index contributed by atoms with van der Waals surface area (Å²) in [5.41, 5.74) is 2.14. The van der Waals surface area contributed by atoms with Crippen molar-refractivity contribution >= 4 is 17.3 Å². The molecule has 3 heteroatoms. The lowest BCUT2D eigenvalue weighted by Crippen LogP contribution is -2.09. The highest BCUT2D eigenvalue weighted by Crippen LogP contribution is 2.26. The number of anilines is 1. The maximum Gasteiger partial charge on any atom is 0.0720 e. The number of pyridine rings is 1. The fourth-order valence-electron chi connectivity index (χ4n) is 1.78. The van der Waals surface area contributed by atoms with Crippen LogP contribution in [0.3, 0.4) is 0 Å². The summed E-state index contributed by atoms with van der Waals surface area (Å²) in [7, 11) is 0. The maximum atomic E-state index is 6.11. The molecule has 0 spiro atoms. The molecule has 1 atom stereocenters. The zero-order chi connectivity index (χ0) is 12.1. The molecule has 1 aromatic carbocycles. The van der Waals surface area contributed by atoms with E-state index < -0.39 is 0 Å². The summed E-state index contributed by atoms with van der Waals surface area (Å²) in [4.78, 5) is 4.08. The molecule has 2 nitrogen and oxygen atoms in total. The second-order valence-corrected chi connectivity index (χ2v) is 4.28. The van der Waals surface area contributed by atoms with Crippen LogP contribution in [0.2, 0.25) is 5.02 Å². The summed E-state index contributed by atoms with van der Waals surface area (Å²) in [5.74, 6) is 0. The summed E-state index contributed by atoms with van der Waals surface area (Å²) < 4.78 is 0. The lowest BCUT2D eigenvalue weighted by molar-refractivity contribution is 0.749. The van der Waals surface area contributed by atoms with Crippen LogP contribution >= 0.6 is 11.6 Å². The second kappa shape index (κ2) is 5.69. The van der Waals surface area contributed by atoms with Crippen LogP contribution in [0, 0.1) is 0 Å². The van der Waals surface area contributed by atoms with Gasteiger partial charge in [0.2, 0.25) is 0 Å². The Morgan fingerprint density at radius 1 is 1.24 bits per heavy atom. The van der Waals surface area contributed by atoms with E-state index >= 15 is 0 Å². The number of nitrogens with one attached hydrogen (secondary N) is 1. The molecule has 0 aliphatic carbocycles. The quantitative estimate of drug-likeness (QED) is 0.870. The van der Waals surface area contributed by atoms with Crippen LogP contribution in [0.15, 0.2) is 48.8 Å². The largest absolute Gasteiger partial charge is 0.376 e. The number of halogens is 1. The molecule has 2 rings (SSSR count). The lowest BCUT2D eigenvalue weighted by atomic mass is 10.0. The van der Waals surface area contributed by atoms with Crippen LogP contribution in [-0.2, 0) is 0 Å². The molecule has 0 fully saturated rings. The van der Waals surface area contributed by atoms with E-state index in [1.54, 1.807) is 18.5 Å². The van der Waals surface area contributed by atoms with Crippen LogP contribution in [0.4, 0.5) is 5.69 Å². The molecule has 0 saturated heterocycles. The first-order valence-corrected chi connectivity index (χ1v) is 6.10. The van der Waals surface area contributed by atoms with E-state index in [1.165, 1.54) is 5.56 Å². The zero-order valence-corrected chi connectivity index (χ0v) is 10.5. The van der Waals surface area contributed by atoms with Crippen molar-refractivity contribution in [3.05, 3.63) is 59.4 Å². The predicted molar refractivity (Wildman–Crippen MR) is 72.3 cm³/mol. The average Bonchev–Trinajstić information content (AvgIpc) is 2.39. The van der Waals surface area contributed by atoms with Gasteiger partial charge in [0.15, 0.2) is 0 Å². The molecule has 17 heavy (non-hydrogen) atoms. The molecule has 1 N–H and O–H groups in total. The fraction of sp³-hybridized carbons (Fsp3) is 0.214.